The van der Waals surface area contributed by atoms with Crippen molar-refractivity contribution in [2.45, 2.75) is 33.8 Å². The number of aromatic amines is 1. The number of hydrogen-bond acceptors (Lipinski definition) is 6. The number of hydrogen-bond donors (Lipinski definition) is 1. The first kappa shape index (κ1) is 17.9. The maximum absolute atomic E-state index is 12.3. The first-order chi connectivity index (χ1) is 10.3. The van der Waals surface area contributed by atoms with Gasteiger partial charge >= 0.3 is 11.9 Å². The first-order valence-electron chi connectivity index (χ1n) is 6.92. The van der Waals surface area contributed by atoms with Crippen molar-refractivity contribution in [3.8, 4) is 0 Å². The number of H-pyrrole nitrogens is 1. The van der Waals surface area contributed by atoms with Crippen molar-refractivity contribution < 1.29 is 28.6 Å². The Kier molecular flexibility index (Phi) is 6.30. The van der Waals surface area contributed by atoms with Crippen LogP contribution >= 0.6 is 0 Å². The summed E-state index contributed by atoms with van der Waals surface area (Å²) >= 11 is 0. The second-order valence-electron chi connectivity index (χ2n) is 4.75. The summed E-state index contributed by atoms with van der Waals surface area (Å²) in [7, 11) is 1.27. The van der Waals surface area contributed by atoms with E-state index in [-0.39, 0.29) is 12.3 Å². The van der Waals surface area contributed by atoms with Gasteiger partial charge in [-0.3, -0.25) is 4.79 Å². The molecule has 1 N–H and O–H groups in total. The van der Waals surface area contributed by atoms with Gasteiger partial charge in [-0.05, 0) is 33.3 Å². The van der Waals surface area contributed by atoms with E-state index < -0.39 is 23.8 Å². The number of Topliss-reactive ketones (excluding diaryl/α,β-unsaturated/α-hetero) is 1. The highest BCUT2D eigenvalue weighted by Gasteiger charge is 2.27. The summed E-state index contributed by atoms with van der Waals surface area (Å²) in [6, 6.07) is 0. The van der Waals surface area contributed by atoms with Crippen molar-refractivity contribution in [3.63, 3.8) is 0 Å². The molecule has 22 heavy (non-hydrogen) atoms. The van der Waals surface area contributed by atoms with Crippen molar-refractivity contribution in [3.05, 3.63) is 22.5 Å². The van der Waals surface area contributed by atoms with Gasteiger partial charge in [0, 0.05) is 12.3 Å². The molecular weight excluding hydrogens is 290 g/mol. The van der Waals surface area contributed by atoms with Crippen LogP contribution in [-0.2, 0) is 19.0 Å². The molecule has 0 fully saturated rings. The van der Waals surface area contributed by atoms with Crippen LogP contribution < -0.4 is 0 Å². The van der Waals surface area contributed by atoms with Gasteiger partial charge in [-0.15, -0.1) is 0 Å². The molecule has 1 aromatic rings. The lowest BCUT2D eigenvalue weighted by Crippen LogP contribution is -2.27. The minimum Gasteiger partial charge on any atom is -0.465 e. The molecule has 0 radical (unpaired) electrons. The molecule has 0 aliphatic heterocycles. The molecule has 0 aliphatic carbocycles. The number of carbonyl (C=O) groups excluding carboxylic acids is 3. The Hall–Kier alpha value is -2.15. The molecule has 7 heteroatoms. The normalized spacial score (nSPS) is 11.9. The summed E-state index contributed by atoms with van der Waals surface area (Å²) < 4.78 is 14.6. The van der Waals surface area contributed by atoms with Crippen molar-refractivity contribution >= 4 is 17.7 Å². The standard InChI is InChI=1S/C15H21NO6/c1-6-21-7-11(17)22-10(4)14(18)13-8(2)12(9(3)16-13)15(19)20-5/h10,16H,6-7H2,1-5H3/t10-/m0/s1. The number of methoxy groups -OCH3 is 1. The van der Waals surface area contributed by atoms with E-state index in [4.69, 9.17) is 9.47 Å². The number of aryl methyl sites for hydroxylation is 1. The summed E-state index contributed by atoms with van der Waals surface area (Å²) in [4.78, 5) is 38.4. The number of ether oxygens (including phenoxy) is 3. The van der Waals surface area contributed by atoms with Crippen molar-refractivity contribution in [2.24, 2.45) is 0 Å². The zero-order chi connectivity index (χ0) is 16.9. The Balaban J connectivity index is 2.90. The van der Waals surface area contributed by atoms with Gasteiger partial charge in [0.25, 0.3) is 0 Å². The maximum Gasteiger partial charge on any atom is 0.339 e. The zero-order valence-corrected chi connectivity index (χ0v) is 13.4. The number of rotatable bonds is 7. The second kappa shape index (κ2) is 7.74. The van der Waals surface area contributed by atoms with Gasteiger partial charge in [0.2, 0.25) is 5.78 Å². The lowest BCUT2D eigenvalue weighted by molar-refractivity contribution is -0.151. The van der Waals surface area contributed by atoms with E-state index in [1.165, 1.54) is 14.0 Å². The van der Waals surface area contributed by atoms with Gasteiger partial charge in [-0.25, -0.2) is 9.59 Å². The van der Waals surface area contributed by atoms with E-state index in [1.807, 2.05) is 0 Å². The van der Waals surface area contributed by atoms with Gasteiger partial charge in [-0.2, -0.15) is 0 Å². The van der Waals surface area contributed by atoms with Crippen molar-refractivity contribution in [2.75, 3.05) is 20.3 Å². The maximum atomic E-state index is 12.3. The predicted molar refractivity (Wildman–Crippen MR) is 78.0 cm³/mol. The van der Waals surface area contributed by atoms with Gasteiger partial charge in [-0.1, -0.05) is 0 Å². The largest absolute Gasteiger partial charge is 0.465 e. The number of esters is 2. The molecular formula is C15H21NO6. The van der Waals surface area contributed by atoms with Crippen LogP contribution in [0.5, 0.6) is 0 Å². The van der Waals surface area contributed by atoms with Crippen molar-refractivity contribution in [1.29, 1.82) is 0 Å². The van der Waals surface area contributed by atoms with Crippen LogP contribution in [0.1, 0.15) is 46.0 Å². The van der Waals surface area contributed by atoms with Crippen LogP contribution in [0.25, 0.3) is 0 Å². The Morgan fingerprint density at radius 3 is 2.41 bits per heavy atom. The Labute approximate surface area is 128 Å². The minimum absolute atomic E-state index is 0.204. The molecule has 0 saturated carbocycles. The Morgan fingerprint density at radius 2 is 1.86 bits per heavy atom. The average Bonchev–Trinajstić information content (AvgIpc) is 2.78. The van der Waals surface area contributed by atoms with E-state index in [2.05, 4.69) is 9.72 Å². The smallest absolute Gasteiger partial charge is 0.339 e. The van der Waals surface area contributed by atoms with Gasteiger partial charge < -0.3 is 19.2 Å². The van der Waals surface area contributed by atoms with E-state index in [0.717, 1.165) is 0 Å². The summed E-state index contributed by atoms with van der Waals surface area (Å²) in [6.45, 7) is 6.71. The lowest BCUT2D eigenvalue weighted by Gasteiger charge is -2.12. The van der Waals surface area contributed by atoms with Gasteiger partial charge in [0.05, 0.1) is 18.4 Å². The monoisotopic (exact) mass is 311 g/mol. The van der Waals surface area contributed by atoms with E-state index in [9.17, 15) is 14.4 Å². The van der Waals surface area contributed by atoms with Gasteiger partial charge in [0.15, 0.2) is 6.10 Å². The molecule has 1 heterocycles. The van der Waals surface area contributed by atoms with Crippen LogP contribution in [-0.4, -0.2) is 49.1 Å². The summed E-state index contributed by atoms with van der Waals surface area (Å²) in [6.07, 6.45) is -0.977. The van der Waals surface area contributed by atoms with E-state index in [0.29, 0.717) is 23.4 Å². The molecule has 0 aromatic carbocycles. The fourth-order valence-corrected chi connectivity index (χ4v) is 2.08. The molecule has 7 nitrogen and oxygen atoms in total. The molecule has 0 amide bonds. The van der Waals surface area contributed by atoms with Crippen LogP contribution in [0.15, 0.2) is 0 Å². The molecule has 0 saturated heterocycles. The van der Waals surface area contributed by atoms with E-state index in [1.54, 1.807) is 20.8 Å². The molecule has 0 bridgehead atoms. The van der Waals surface area contributed by atoms with Crippen molar-refractivity contribution in [1.82, 2.24) is 4.98 Å². The fourth-order valence-electron chi connectivity index (χ4n) is 2.08. The van der Waals surface area contributed by atoms with Crippen LogP contribution in [0.2, 0.25) is 0 Å². The number of ketones is 1. The quantitative estimate of drug-likeness (QED) is 0.606. The number of carbonyl (C=O) groups is 3. The minimum atomic E-state index is -0.977. The third-order valence-electron chi connectivity index (χ3n) is 3.17. The Bertz CT molecular complexity index is 575. The molecule has 1 rings (SSSR count). The summed E-state index contributed by atoms with van der Waals surface area (Å²) in [5.74, 6) is -1.55. The summed E-state index contributed by atoms with van der Waals surface area (Å²) in [5, 5.41) is 0. The molecule has 1 aromatic heterocycles. The van der Waals surface area contributed by atoms with Crippen LogP contribution in [0, 0.1) is 13.8 Å². The highest BCUT2D eigenvalue weighted by Crippen LogP contribution is 2.20. The number of aromatic nitrogens is 1. The first-order valence-corrected chi connectivity index (χ1v) is 6.92. The topological polar surface area (TPSA) is 94.7 Å². The third-order valence-corrected chi connectivity index (χ3v) is 3.17. The lowest BCUT2D eigenvalue weighted by atomic mass is 10.1. The highest BCUT2D eigenvalue weighted by atomic mass is 16.6. The predicted octanol–water partition coefficient (Wildman–Crippen LogP) is 1.57. The SMILES string of the molecule is CCOCC(=O)O[C@@H](C)C(=O)c1[nH]c(C)c(C(=O)OC)c1C. The van der Waals surface area contributed by atoms with Crippen LogP contribution in [0.4, 0.5) is 0 Å². The zero-order valence-electron chi connectivity index (χ0n) is 13.4. The molecule has 0 unspecified atom stereocenters. The fraction of sp³-hybridized carbons (Fsp3) is 0.533. The van der Waals surface area contributed by atoms with Gasteiger partial charge in [0.1, 0.15) is 6.61 Å². The molecule has 1 atom stereocenters. The Morgan fingerprint density at radius 1 is 1.23 bits per heavy atom. The summed E-state index contributed by atoms with van der Waals surface area (Å²) in [5.41, 5.74) is 1.55. The van der Waals surface area contributed by atoms with Crippen LogP contribution in [0.3, 0.4) is 0 Å². The average molecular weight is 311 g/mol. The molecule has 0 spiro atoms. The second-order valence-corrected chi connectivity index (χ2v) is 4.75. The highest BCUT2D eigenvalue weighted by molar-refractivity contribution is 6.03. The van der Waals surface area contributed by atoms with E-state index >= 15 is 0 Å². The number of nitrogens with one attached hydrogen (secondary N) is 1. The molecule has 122 valence electrons. The third kappa shape index (κ3) is 3.94. The molecule has 0 aliphatic rings.